The largest absolute Gasteiger partial charge is 0.329 e. The minimum Gasteiger partial charge on any atom is -0.329 e. The van der Waals surface area contributed by atoms with E-state index in [-0.39, 0.29) is 29.3 Å². The maximum absolute atomic E-state index is 13.2. The van der Waals surface area contributed by atoms with E-state index in [1.165, 1.54) is 12.1 Å². The molecule has 0 saturated heterocycles. The second-order valence-electron chi connectivity index (χ2n) is 7.13. The summed E-state index contributed by atoms with van der Waals surface area (Å²) in [5, 5.41) is 2.92. The van der Waals surface area contributed by atoms with Crippen LogP contribution in [-0.4, -0.2) is 11.7 Å². The number of hydrogen-bond donors (Lipinski definition) is 1. The molecule has 4 heteroatoms. The van der Waals surface area contributed by atoms with E-state index in [0.717, 1.165) is 28.0 Å². The Morgan fingerprint density at radius 1 is 0.962 bits per heavy atom. The average molecular weight is 349 g/mol. The monoisotopic (exact) mass is 349 g/mol. The number of ketones is 1. The second-order valence-corrected chi connectivity index (χ2v) is 7.13. The van der Waals surface area contributed by atoms with Crippen LogP contribution in [0.15, 0.2) is 59.8 Å². The zero-order chi connectivity index (χ0) is 18.3. The smallest absolute Gasteiger partial charge is 0.225 e. The maximum atomic E-state index is 13.2. The number of benzene rings is 2. The van der Waals surface area contributed by atoms with Crippen molar-refractivity contribution in [3.8, 4) is 0 Å². The first kappa shape index (κ1) is 16.7. The minimum atomic E-state index is -0.290. The lowest BCUT2D eigenvalue weighted by molar-refractivity contribution is -0.122. The van der Waals surface area contributed by atoms with Gasteiger partial charge < -0.3 is 5.32 Å². The van der Waals surface area contributed by atoms with Gasteiger partial charge in [0, 0.05) is 30.0 Å². The summed E-state index contributed by atoms with van der Waals surface area (Å²) in [5.74, 6) is -0.473. The summed E-state index contributed by atoms with van der Waals surface area (Å²) >= 11 is 0. The molecule has 0 saturated carbocycles. The van der Waals surface area contributed by atoms with Crippen LogP contribution in [0.2, 0.25) is 0 Å². The quantitative estimate of drug-likeness (QED) is 0.886. The molecule has 0 aromatic heterocycles. The third kappa shape index (κ3) is 2.96. The lowest BCUT2D eigenvalue weighted by atomic mass is 9.73. The number of hydrogen-bond acceptors (Lipinski definition) is 2. The zero-order valence-electron chi connectivity index (χ0n) is 14.6. The van der Waals surface area contributed by atoms with Crippen LogP contribution in [0, 0.1) is 12.7 Å². The SMILES string of the molecule is Cc1ccccc1C1CC(=O)NC2=C1C(=O)CC(c1ccc(F)cc1)C2. The molecular weight excluding hydrogens is 329 g/mol. The summed E-state index contributed by atoms with van der Waals surface area (Å²) in [6, 6.07) is 14.2. The van der Waals surface area contributed by atoms with E-state index < -0.39 is 0 Å². The molecular formula is C22H20FNO2. The number of carbonyl (C=O) groups excluding carboxylic acids is 2. The fourth-order valence-corrected chi connectivity index (χ4v) is 4.17. The molecule has 1 aliphatic carbocycles. The molecule has 1 heterocycles. The molecule has 2 aliphatic rings. The van der Waals surface area contributed by atoms with Gasteiger partial charge in [0.25, 0.3) is 0 Å². The van der Waals surface area contributed by atoms with E-state index in [4.69, 9.17) is 0 Å². The highest BCUT2D eigenvalue weighted by Crippen LogP contribution is 2.43. The molecule has 2 aromatic carbocycles. The first-order valence-corrected chi connectivity index (χ1v) is 8.90. The van der Waals surface area contributed by atoms with Crippen LogP contribution in [0.5, 0.6) is 0 Å². The van der Waals surface area contributed by atoms with Crippen molar-refractivity contribution in [3.05, 3.63) is 82.3 Å². The summed E-state index contributed by atoms with van der Waals surface area (Å²) in [6.07, 6.45) is 1.29. The van der Waals surface area contributed by atoms with Crippen molar-refractivity contribution in [1.29, 1.82) is 0 Å². The van der Waals surface area contributed by atoms with E-state index in [9.17, 15) is 14.0 Å². The molecule has 0 bridgehead atoms. The first-order chi connectivity index (χ1) is 12.5. The van der Waals surface area contributed by atoms with Gasteiger partial charge in [0.05, 0.1) is 0 Å². The third-order valence-electron chi connectivity index (χ3n) is 5.44. The number of halogens is 1. The Hall–Kier alpha value is -2.75. The Morgan fingerprint density at radius 2 is 1.69 bits per heavy atom. The molecule has 1 amide bonds. The van der Waals surface area contributed by atoms with Crippen LogP contribution in [0.25, 0.3) is 0 Å². The highest BCUT2D eigenvalue weighted by atomic mass is 19.1. The molecule has 2 unspecified atom stereocenters. The Morgan fingerprint density at radius 3 is 2.42 bits per heavy atom. The fraction of sp³-hybridized carbons (Fsp3) is 0.273. The third-order valence-corrected chi connectivity index (χ3v) is 5.44. The van der Waals surface area contributed by atoms with Crippen molar-refractivity contribution in [3.63, 3.8) is 0 Å². The van der Waals surface area contributed by atoms with Gasteiger partial charge in [-0.05, 0) is 48.1 Å². The molecule has 0 fully saturated rings. The van der Waals surface area contributed by atoms with Gasteiger partial charge in [-0.15, -0.1) is 0 Å². The maximum Gasteiger partial charge on any atom is 0.225 e. The summed E-state index contributed by atoms with van der Waals surface area (Å²) in [5.41, 5.74) is 4.55. The Bertz CT molecular complexity index is 914. The highest BCUT2D eigenvalue weighted by molar-refractivity contribution is 6.02. The molecule has 2 atom stereocenters. The Balaban J connectivity index is 1.73. The van der Waals surface area contributed by atoms with Gasteiger partial charge in [-0.1, -0.05) is 36.4 Å². The molecule has 0 spiro atoms. The number of Topliss-reactive ketones (excluding diaryl/α,β-unsaturated/α-hetero) is 1. The number of amides is 1. The predicted octanol–water partition coefficient (Wildman–Crippen LogP) is 4.14. The normalized spacial score (nSPS) is 22.8. The van der Waals surface area contributed by atoms with E-state index in [0.29, 0.717) is 19.3 Å². The fourth-order valence-electron chi connectivity index (χ4n) is 4.17. The number of nitrogens with one attached hydrogen (secondary N) is 1. The first-order valence-electron chi connectivity index (χ1n) is 8.90. The van der Waals surface area contributed by atoms with Crippen LogP contribution in [0.4, 0.5) is 4.39 Å². The number of aryl methyl sites for hydroxylation is 1. The van der Waals surface area contributed by atoms with Gasteiger partial charge in [0.2, 0.25) is 5.91 Å². The average Bonchev–Trinajstić information content (AvgIpc) is 2.61. The van der Waals surface area contributed by atoms with Gasteiger partial charge in [-0.3, -0.25) is 9.59 Å². The van der Waals surface area contributed by atoms with Crippen LogP contribution < -0.4 is 5.32 Å². The van der Waals surface area contributed by atoms with Crippen LogP contribution in [-0.2, 0) is 9.59 Å². The molecule has 4 rings (SSSR count). The van der Waals surface area contributed by atoms with Crippen molar-refractivity contribution in [1.82, 2.24) is 5.32 Å². The second kappa shape index (κ2) is 6.52. The van der Waals surface area contributed by atoms with Crippen molar-refractivity contribution < 1.29 is 14.0 Å². The summed E-state index contributed by atoms with van der Waals surface area (Å²) in [4.78, 5) is 25.3. The highest BCUT2D eigenvalue weighted by Gasteiger charge is 2.38. The molecule has 132 valence electrons. The summed E-state index contributed by atoms with van der Waals surface area (Å²) in [6.45, 7) is 2.01. The minimum absolute atomic E-state index is 0.0298. The van der Waals surface area contributed by atoms with Gasteiger partial charge in [-0.2, -0.15) is 0 Å². The Labute approximate surface area is 151 Å². The lowest BCUT2D eigenvalue weighted by Gasteiger charge is -2.35. The topological polar surface area (TPSA) is 46.2 Å². The van der Waals surface area contributed by atoms with Crippen molar-refractivity contribution in [2.45, 2.75) is 38.0 Å². The molecule has 2 aromatic rings. The summed E-state index contributed by atoms with van der Waals surface area (Å²) in [7, 11) is 0. The van der Waals surface area contributed by atoms with Crippen LogP contribution in [0.1, 0.15) is 47.8 Å². The van der Waals surface area contributed by atoms with Crippen molar-refractivity contribution in [2.75, 3.05) is 0 Å². The number of rotatable bonds is 2. The molecule has 3 nitrogen and oxygen atoms in total. The van der Waals surface area contributed by atoms with Gasteiger partial charge >= 0.3 is 0 Å². The van der Waals surface area contributed by atoms with Gasteiger partial charge in [-0.25, -0.2) is 4.39 Å². The predicted molar refractivity (Wildman–Crippen MR) is 97.1 cm³/mol. The molecule has 0 radical (unpaired) electrons. The van der Waals surface area contributed by atoms with Gasteiger partial charge in [0.1, 0.15) is 5.82 Å². The van der Waals surface area contributed by atoms with Crippen LogP contribution >= 0.6 is 0 Å². The zero-order valence-corrected chi connectivity index (χ0v) is 14.6. The van der Waals surface area contributed by atoms with E-state index in [2.05, 4.69) is 5.32 Å². The van der Waals surface area contributed by atoms with Crippen LogP contribution in [0.3, 0.4) is 0 Å². The van der Waals surface area contributed by atoms with Crippen molar-refractivity contribution >= 4 is 11.7 Å². The summed E-state index contributed by atoms with van der Waals surface area (Å²) < 4.78 is 13.2. The molecule has 1 aliphatic heterocycles. The molecule has 1 N–H and O–H groups in total. The Kier molecular flexibility index (Phi) is 4.19. The van der Waals surface area contributed by atoms with E-state index >= 15 is 0 Å². The van der Waals surface area contributed by atoms with Gasteiger partial charge in [0.15, 0.2) is 5.78 Å². The number of carbonyl (C=O) groups is 2. The molecule has 26 heavy (non-hydrogen) atoms. The standard InChI is InChI=1S/C22H20FNO2/c1-13-4-2-3-5-17(13)18-12-21(26)24-19-10-15(11-20(25)22(18)19)14-6-8-16(23)9-7-14/h2-9,15,18H,10-12H2,1H3,(H,24,26). The van der Waals surface area contributed by atoms with E-state index in [1.807, 2.05) is 31.2 Å². The lowest BCUT2D eigenvalue weighted by Crippen LogP contribution is -2.38. The number of allylic oxidation sites excluding steroid dienone is 2. The van der Waals surface area contributed by atoms with E-state index in [1.54, 1.807) is 12.1 Å². The van der Waals surface area contributed by atoms with Crippen molar-refractivity contribution in [2.24, 2.45) is 0 Å².